The normalized spacial score (nSPS) is 15.4. The zero-order chi connectivity index (χ0) is 17.6. The van der Waals surface area contributed by atoms with Crippen LogP contribution in [0.1, 0.15) is 22.5 Å². The van der Waals surface area contributed by atoms with Gasteiger partial charge in [0.2, 0.25) is 10.0 Å². The van der Waals surface area contributed by atoms with Gasteiger partial charge in [-0.15, -0.1) is 0 Å². The van der Waals surface area contributed by atoms with Crippen molar-refractivity contribution in [2.45, 2.75) is 25.6 Å². The lowest BCUT2D eigenvalue weighted by Gasteiger charge is -2.28. The predicted molar refractivity (Wildman–Crippen MR) is 95.9 cm³/mol. The third kappa shape index (κ3) is 3.15. The van der Waals surface area contributed by atoms with Gasteiger partial charge in [-0.3, -0.25) is 0 Å². The van der Waals surface area contributed by atoms with Crippen LogP contribution in [0.25, 0.3) is 5.65 Å². The molecular formula is C17H17ClN4O2S. The van der Waals surface area contributed by atoms with Crippen LogP contribution in [0.5, 0.6) is 0 Å². The fourth-order valence-corrected chi connectivity index (χ4v) is 4.78. The van der Waals surface area contributed by atoms with Crippen molar-refractivity contribution in [3.63, 3.8) is 0 Å². The Morgan fingerprint density at radius 2 is 2.00 bits per heavy atom. The molecule has 0 amide bonds. The van der Waals surface area contributed by atoms with Crippen LogP contribution in [0.4, 0.5) is 0 Å². The Morgan fingerprint density at radius 3 is 2.76 bits per heavy atom. The van der Waals surface area contributed by atoms with Gasteiger partial charge in [0.15, 0.2) is 5.65 Å². The van der Waals surface area contributed by atoms with E-state index < -0.39 is 10.0 Å². The lowest BCUT2D eigenvalue weighted by molar-refractivity contribution is 0.383. The van der Waals surface area contributed by atoms with E-state index in [9.17, 15) is 8.42 Å². The molecule has 1 aliphatic heterocycles. The summed E-state index contributed by atoms with van der Waals surface area (Å²) in [5.41, 5.74) is 4.37. The van der Waals surface area contributed by atoms with Gasteiger partial charge in [0.05, 0.1) is 17.1 Å². The van der Waals surface area contributed by atoms with Gasteiger partial charge in [-0.25, -0.2) is 17.9 Å². The molecule has 0 unspecified atom stereocenters. The molecule has 0 N–H and O–H groups in total. The first-order valence-electron chi connectivity index (χ1n) is 7.98. The van der Waals surface area contributed by atoms with Crippen LogP contribution in [-0.4, -0.2) is 33.9 Å². The molecule has 4 rings (SSSR count). The highest BCUT2D eigenvalue weighted by atomic mass is 35.5. The van der Waals surface area contributed by atoms with Crippen LogP contribution in [0, 0.1) is 6.92 Å². The molecule has 3 heterocycles. The minimum Gasteiger partial charge on any atom is -0.237 e. The van der Waals surface area contributed by atoms with Crippen molar-refractivity contribution in [3.8, 4) is 0 Å². The second kappa shape index (κ2) is 6.09. The molecular weight excluding hydrogens is 360 g/mol. The average Bonchev–Trinajstić information content (AvgIpc) is 2.97. The standard InChI is InChI=1S/C17H17ClN4O2S/c1-12-8-17-19-9-14-10-21(7-6-16(14)22(17)20-12)25(23,24)11-13-2-4-15(18)5-3-13/h2-5,8-9H,6-7,10-11H2,1H3. The molecule has 1 aliphatic rings. The molecule has 3 aromatic rings. The highest BCUT2D eigenvalue weighted by Crippen LogP contribution is 2.23. The zero-order valence-electron chi connectivity index (χ0n) is 13.7. The number of fused-ring (bicyclic) bond motifs is 3. The van der Waals surface area contributed by atoms with Crippen LogP contribution in [0.2, 0.25) is 5.02 Å². The molecule has 0 aliphatic carbocycles. The summed E-state index contributed by atoms with van der Waals surface area (Å²) in [6.07, 6.45) is 2.38. The third-order valence-electron chi connectivity index (χ3n) is 4.39. The van der Waals surface area contributed by atoms with Gasteiger partial charge in [-0.05, 0) is 24.6 Å². The Hall–Kier alpha value is -1.96. The van der Waals surface area contributed by atoms with Crippen molar-refractivity contribution in [1.29, 1.82) is 0 Å². The molecule has 0 saturated carbocycles. The quantitative estimate of drug-likeness (QED) is 0.704. The summed E-state index contributed by atoms with van der Waals surface area (Å²) in [5.74, 6) is -0.0317. The van der Waals surface area contributed by atoms with Crippen molar-refractivity contribution in [2.75, 3.05) is 6.54 Å². The van der Waals surface area contributed by atoms with Crippen molar-refractivity contribution in [2.24, 2.45) is 0 Å². The van der Waals surface area contributed by atoms with Gasteiger partial charge in [0.25, 0.3) is 0 Å². The number of hydrogen-bond acceptors (Lipinski definition) is 4. The number of aryl methyl sites for hydroxylation is 1. The summed E-state index contributed by atoms with van der Waals surface area (Å²) >= 11 is 5.86. The summed E-state index contributed by atoms with van der Waals surface area (Å²) in [4.78, 5) is 4.39. The van der Waals surface area contributed by atoms with Crippen molar-refractivity contribution >= 4 is 27.3 Å². The van der Waals surface area contributed by atoms with Gasteiger partial charge in [0, 0.05) is 42.4 Å². The molecule has 0 atom stereocenters. The number of nitrogens with zero attached hydrogens (tertiary/aromatic N) is 4. The molecule has 0 bridgehead atoms. The smallest absolute Gasteiger partial charge is 0.218 e. The number of benzene rings is 1. The maximum atomic E-state index is 12.8. The molecule has 2 aromatic heterocycles. The summed E-state index contributed by atoms with van der Waals surface area (Å²) in [6.45, 7) is 2.70. The van der Waals surface area contributed by atoms with E-state index in [1.807, 2.05) is 17.5 Å². The van der Waals surface area contributed by atoms with Crippen molar-refractivity contribution in [3.05, 3.63) is 64.1 Å². The van der Waals surface area contributed by atoms with E-state index in [1.54, 1.807) is 30.5 Å². The lowest BCUT2D eigenvalue weighted by Crippen LogP contribution is -2.37. The fourth-order valence-electron chi connectivity index (χ4n) is 3.15. The van der Waals surface area contributed by atoms with E-state index in [1.165, 1.54) is 4.31 Å². The Morgan fingerprint density at radius 1 is 1.24 bits per heavy atom. The maximum absolute atomic E-state index is 12.8. The molecule has 1 aromatic carbocycles. The van der Waals surface area contributed by atoms with E-state index in [4.69, 9.17) is 11.6 Å². The first-order valence-corrected chi connectivity index (χ1v) is 9.96. The van der Waals surface area contributed by atoms with Crippen LogP contribution < -0.4 is 0 Å². The highest BCUT2D eigenvalue weighted by Gasteiger charge is 2.28. The largest absolute Gasteiger partial charge is 0.237 e. The monoisotopic (exact) mass is 376 g/mol. The average molecular weight is 377 g/mol. The first kappa shape index (κ1) is 16.5. The second-order valence-electron chi connectivity index (χ2n) is 6.25. The van der Waals surface area contributed by atoms with Crippen molar-refractivity contribution < 1.29 is 8.42 Å². The SMILES string of the molecule is Cc1cc2ncc3c(n2n1)CCN(S(=O)(=O)Cc1ccc(Cl)cc1)C3. The molecule has 0 saturated heterocycles. The predicted octanol–water partition coefficient (Wildman–Crippen LogP) is 2.58. The number of sulfonamides is 1. The van der Waals surface area contributed by atoms with Crippen LogP contribution >= 0.6 is 11.6 Å². The number of hydrogen-bond donors (Lipinski definition) is 0. The molecule has 130 valence electrons. The number of halogens is 1. The van der Waals surface area contributed by atoms with Crippen LogP contribution in [0.15, 0.2) is 36.5 Å². The Balaban J connectivity index is 1.60. The van der Waals surface area contributed by atoms with E-state index in [-0.39, 0.29) is 5.75 Å². The topological polar surface area (TPSA) is 67.6 Å². The zero-order valence-corrected chi connectivity index (χ0v) is 15.3. The number of aromatic nitrogens is 3. The van der Waals surface area contributed by atoms with Gasteiger partial charge < -0.3 is 0 Å². The van der Waals surface area contributed by atoms with Gasteiger partial charge in [-0.1, -0.05) is 23.7 Å². The highest BCUT2D eigenvalue weighted by molar-refractivity contribution is 7.88. The van der Waals surface area contributed by atoms with Gasteiger partial charge >= 0.3 is 0 Å². The number of rotatable bonds is 3. The molecule has 25 heavy (non-hydrogen) atoms. The van der Waals surface area contributed by atoms with Crippen LogP contribution in [-0.2, 0) is 28.7 Å². The summed E-state index contributed by atoms with van der Waals surface area (Å²) in [5, 5.41) is 5.06. The molecule has 8 heteroatoms. The summed E-state index contributed by atoms with van der Waals surface area (Å²) < 4.78 is 28.9. The fraction of sp³-hybridized carbons (Fsp3) is 0.294. The Labute approximate surface area is 151 Å². The van der Waals surface area contributed by atoms with Crippen molar-refractivity contribution in [1.82, 2.24) is 18.9 Å². The molecule has 0 fully saturated rings. The third-order valence-corrected chi connectivity index (χ3v) is 6.44. The van der Waals surface area contributed by atoms with E-state index in [0.29, 0.717) is 24.5 Å². The van der Waals surface area contributed by atoms with Crippen LogP contribution in [0.3, 0.4) is 0 Å². The minimum absolute atomic E-state index is 0.0317. The Kier molecular flexibility index (Phi) is 4.02. The Bertz CT molecular complexity index is 1040. The second-order valence-corrected chi connectivity index (χ2v) is 8.66. The molecule has 0 spiro atoms. The van der Waals surface area contributed by atoms with E-state index in [0.717, 1.165) is 28.2 Å². The van der Waals surface area contributed by atoms with E-state index >= 15 is 0 Å². The van der Waals surface area contributed by atoms with Gasteiger partial charge in [0.1, 0.15) is 0 Å². The minimum atomic E-state index is -3.41. The maximum Gasteiger partial charge on any atom is 0.218 e. The van der Waals surface area contributed by atoms with E-state index in [2.05, 4.69) is 10.1 Å². The first-order chi connectivity index (χ1) is 11.9. The lowest BCUT2D eigenvalue weighted by atomic mass is 10.1. The summed E-state index contributed by atoms with van der Waals surface area (Å²) in [6, 6.07) is 8.83. The molecule has 6 nitrogen and oxygen atoms in total. The van der Waals surface area contributed by atoms with Gasteiger partial charge in [-0.2, -0.15) is 9.40 Å². The summed E-state index contributed by atoms with van der Waals surface area (Å²) in [7, 11) is -3.41. The molecule has 0 radical (unpaired) electrons.